The van der Waals surface area contributed by atoms with Crippen LogP contribution in [0.2, 0.25) is 0 Å². The fourth-order valence-corrected chi connectivity index (χ4v) is 25.4. The normalized spacial score (nSPS) is 13.6. The molecule has 144 heavy (non-hydrogen) atoms. The van der Waals surface area contributed by atoms with Crippen LogP contribution in [0.15, 0.2) is 315 Å². The Morgan fingerprint density at radius 2 is 0.438 bits per heavy atom. The highest BCUT2D eigenvalue weighted by molar-refractivity contribution is 6.17. The topological polar surface area (TPSA) is 152 Å². The van der Waals surface area contributed by atoms with Gasteiger partial charge in [0.15, 0.2) is 0 Å². The molecule has 0 bridgehead atoms. The van der Waals surface area contributed by atoms with Crippen molar-refractivity contribution in [3.8, 4) is 142 Å². The maximum atomic E-state index is 11.1. The van der Waals surface area contributed by atoms with Gasteiger partial charge in [-0.1, -0.05) is 243 Å². The van der Waals surface area contributed by atoms with Crippen LogP contribution in [-0.2, 0) is 21.7 Å². The van der Waals surface area contributed by atoms with Crippen molar-refractivity contribution in [2.45, 2.75) is 105 Å². The van der Waals surface area contributed by atoms with Gasteiger partial charge in [-0.3, -0.25) is 0 Å². The van der Waals surface area contributed by atoms with Crippen molar-refractivity contribution in [2.75, 3.05) is 0 Å². The largest absolute Gasteiger partial charge is 0.318 e. The number of rotatable bonds is 8. The summed E-state index contributed by atoms with van der Waals surface area (Å²) in [6.07, 6.45) is 0. The first-order valence-corrected chi connectivity index (χ1v) is 48.6. The van der Waals surface area contributed by atoms with Crippen molar-refractivity contribution in [3.63, 3.8) is 0 Å². The van der Waals surface area contributed by atoms with Gasteiger partial charge in [0, 0.05) is 64.7 Å². The van der Waals surface area contributed by atoms with E-state index in [4.69, 9.17) is 19.7 Å². The lowest BCUT2D eigenvalue weighted by atomic mass is 9.82. The van der Waals surface area contributed by atoms with Crippen LogP contribution in [0, 0.1) is 104 Å². The predicted molar refractivity (Wildman–Crippen MR) is 584 cm³/mol. The third kappa shape index (κ3) is 12.0. The summed E-state index contributed by atoms with van der Waals surface area (Å²) in [6, 6.07) is 121. The van der Waals surface area contributed by atoms with Gasteiger partial charge in [0.25, 0.3) is 0 Å². The average molecular weight is 1840 g/mol. The second-order valence-electron chi connectivity index (χ2n) is 41.1. The molecule has 676 valence electrons. The number of hydrogen-bond donors (Lipinski definition) is 0. The molecule has 0 saturated carbocycles. The minimum atomic E-state index is -0.244. The fraction of sp³-hybridized carbons (Fsp3) is 0.121. The van der Waals surface area contributed by atoms with Crippen molar-refractivity contribution < 1.29 is 0 Å². The Hall–Kier alpha value is -18.9. The molecule has 0 amide bonds. The van der Waals surface area contributed by atoms with Crippen LogP contribution >= 0.6 is 0 Å². The van der Waals surface area contributed by atoms with Gasteiger partial charge in [-0.2, -0.15) is 26.3 Å². The number of nitrogens with zero attached hydrogens (tertiary/aromatic N) is 12. The molecule has 0 unspecified atom stereocenters. The lowest BCUT2D eigenvalue weighted by molar-refractivity contribution is 0.661. The highest BCUT2D eigenvalue weighted by Crippen LogP contribution is 2.59. The lowest BCUT2D eigenvalue weighted by Crippen LogP contribution is -2.15. The summed E-state index contributed by atoms with van der Waals surface area (Å²) >= 11 is 0. The Morgan fingerprint density at radius 1 is 0.208 bits per heavy atom. The zero-order valence-corrected chi connectivity index (χ0v) is 81.4. The zero-order valence-electron chi connectivity index (χ0n) is 81.4. The molecule has 26 rings (SSSR count). The molecule has 0 aliphatic heterocycles. The van der Waals surface area contributed by atoms with Gasteiger partial charge in [-0.15, -0.1) is 0 Å². The van der Waals surface area contributed by atoms with Crippen LogP contribution in [0.1, 0.15) is 150 Å². The summed E-state index contributed by atoms with van der Waals surface area (Å²) in [4.78, 5) is 12.5. The third-order valence-corrected chi connectivity index (χ3v) is 32.5. The Morgan fingerprint density at radius 3 is 0.708 bits per heavy atom. The van der Waals surface area contributed by atoms with Crippen LogP contribution < -0.4 is 0 Å². The molecule has 18 aromatic carbocycles. The molecule has 4 heterocycles. The lowest BCUT2D eigenvalue weighted by Gasteiger charge is -2.24. The second-order valence-corrected chi connectivity index (χ2v) is 41.1. The number of hydrogen-bond acceptors (Lipinski definition) is 5. The monoisotopic (exact) mass is 1840 g/mol. The molecule has 12 heteroatoms. The van der Waals surface area contributed by atoms with Crippen LogP contribution in [-0.4, -0.2) is 18.3 Å². The molecule has 0 atom stereocenters. The van der Waals surface area contributed by atoms with Gasteiger partial charge in [-0.25, -0.2) is 14.5 Å². The maximum absolute atomic E-state index is 11.1. The smallest absolute Gasteiger partial charge is 0.212 e. The number of benzene rings is 18. The van der Waals surface area contributed by atoms with Crippen LogP contribution in [0.5, 0.6) is 0 Å². The van der Waals surface area contributed by atoms with E-state index in [0.29, 0.717) is 78.8 Å². The summed E-state index contributed by atoms with van der Waals surface area (Å²) in [5, 5.41) is 63.7. The molecule has 12 nitrogen and oxygen atoms in total. The summed E-state index contributed by atoms with van der Waals surface area (Å²) in [6.45, 7) is 52.5. The van der Waals surface area contributed by atoms with Gasteiger partial charge < -0.3 is 18.3 Å². The number of nitriles is 5. The first kappa shape index (κ1) is 86.6. The van der Waals surface area contributed by atoms with Gasteiger partial charge >= 0.3 is 0 Å². The first-order chi connectivity index (χ1) is 69.8. The Kier molecular flexibility index (Phi) is 18.8. The molecule has 0 spiro atoms. The third-order valence-electron chi connectivity index (χ3n) is 32.5. The van der Waals surface area contributed by atoms with Gasteiger partial charge in [0.1, 0.15) is 12.1 Å². The van der Waals surface area contributed by atoms with Gasteiger partial charge in [0.2, 0.25) is 17.1 Å². The Labute approximate surface area is 834 Å². The molecule has 0 radical (unpaired) electrons. The van der Waals surface area contributed by atoms with Crippen molar-refractivity contribution >= 4 is 104 Å². The van der Waals surface area contributed by atoms with Crippen LogP contribution in [0.3, 0.4) is 0 Å². The minimum Gasteiger partial charge on any atom is -0.318 e. The average Bonchev–Trinajstić information content (AvgIpc) is 1.56. The highest BCUT2D eigenvalue weighted by Gasteiger charge is 2.43. The standard InChI is InChI=1S/C68H48N6.C64H40N6/c1-37-38(2)64(42-28-44(36-70)66(58(30-42)72-10)74-60-26-18-14-22-48(60)52-32-50-46-20-12-16-24-54(46)68(7,8)56(50)34-62(52)74)40(4)39(3)63(37)41-27-43(35-69)65(57(29-41)71-9)73-59-25-17-13-21-47(59)51-31-49-45-19-11-15-23-53(45)67(5,6)55(49)33-61(51)73;1-63(2)52-21-10-6-17-44(52)48-30-50-46-19-8-12-23-57(46)69(59(50)32-54(48)63)61-41(34-65)26-39(27-42(61)35-66)37-15-14-16-38(25-37)40-28-43(36-67)62(56(29-40)68-5)70-58-24-13-9-20-47(58)51-31-49-45-18-7-11-22-53(45)64(3,4)55(49)33-60(51)70/h11-34H,1-8H3;6-33H,1-4H3. The molecule has 22 aromatic rings. The van der Waals surface area contributed by atoms with Crippen molar-refractivity contribution in [1.82, 2.24) is 18.3 Å². The number of aromatic nitrogens is 4. The van der Waals surface area contributed by atoms with Crippen molar-refractivity contribution in [2.24, 2.45) is 0 Å². The van der Waals surface area contributed by atoms with E-state index >= 15 is 0 Å². The molecule has 4 aliphatic carbocycles. The zero-order chi connectivity index (χ0) is 99.1. The second kappa shape index (κ2) is 31.3. The fourth-order valence-electron chi connectivity index (χ4n) is 25.4. The quantitative estimate of drug-likeness (QED) is 0.139. The molecular formula is C132H88N12. The van der Waals surface area contributed by atoms with E-state index in [1.165, 1.54) is 89.0 Å². The van der Waals surface area contributed by atoms with Crippen LogP contribution in [0.25, 0.3) is 214 Å². The summed E-state index contributed by atoms with van der Waals surface area (Å²) < 4.78 is 8.48. The summed E-state index contributed by atoms with van der Waals surface area (Å²) in [5.41, 5.74) is 42.2. The summed E-state index contributed by atoms with van der Waals surface area (Å²) in [7, 11) is 0. The van der Waals surface area contributed by atoms with E-state index in [2.05, 4.69) is 352 Å². The number of fused-ring (bicyclic) bond motifs is 24. The van der Waals surface area contributed by atoms with E-state index in [9.17, 15) is 26.3 Å². The van der Waals surface area contributed by atoms with E-state index in [-0.39, 0.29) is 21.7 Å². The maximum Gasteiger partial charge on any atom is 0.212 e. The van der Waals surface area contributed by atoms with E-state index in [1.54, 1.807) is 0 Å². The van der Waals surface area contributed by atoms with Crippen molar-refractivity contribution in [3.05, 3.63) is 444 Å². The van der Waals surface area contributed by atoms with E-state index in [0.717, 1.165) is 143 Å². The molecule has 0 saturated heterocycles. The number of para-hydroxylation sites is 4. The molecular weight excluding hydrogens is 1750 g/mol. The SMILES string of the molecule is [C-]#[N+]c1cc(-c2c(C)c(C)c(-c3cc(C#N)c(-n4c5ccccc5c5cc6c(cc54)C(C)(C)c4ccccc4-6)c([N+]#[C-])c3)c(C)c2C)cc(C#N)c1-n1c2ccccc2c2cc3c(cc21)C(C)(C)c1ccccc1-3.[C-]#[N+]c1cc(-c2cccc(-c3cc(C#N)c(-n4c5ccccc5c5cc6c(cc54)C(C)(C)c4ccccc4-6)c(C#N)c3)c2)cc(C#N)c1-n1c2ccccc2c2cc3c(cc21)C(C)(C)c1ccccc1-3. The van der Waals surface area contributed by atoms with Crippen molar-refractivity contribution in [1.29, 1.82) is 26.3 Å². The van der Waals surface area contributed by atoms with Gasteiger partial charge in [-0.05, 0) is 311 Å². The van der Waals surface area contributed by atoms with E-state index in [1.807, 2.05) is 109 Å². The molecule has 4 aliphatic rings. The van der Waals surface area contributed by atoms with Crippen LogP contribution in [0.4, 0.5) is 17.1 Å². The predicted octanol–water partition coefficient (Wildman–Crippen LogP) is 33.9. The molecule has 4 aromatic heterocycles. The first-order valence-electron chi connectivity index (χ1n) is 48.6. The Bertz CT molecular complexity index is 9340. The van der Waals surface area contributed by atoms with Gasteiger partial charge in [0.05, 0.1) is 133 Å². The molecule has 0 fully saturated rings. The molecule has 0 N–H and O–H groups in total. The Balaban J connectivity index is 0.000000151. The summed E-state index contributed by atoms with van der Waals surface area (Å²) in [5.74, 6) is 0. The minimum absolute atomic E-state index is 0.239. The van der Waals surface area contributed by atoms with E-state index < -0.39 is 0 Å². The highest BCUT2D eigenvalue weighted by atomic mass is 15.0.